The van der Waals surface area contributed by atoms with Gasteiger partial charge >= 0.3 is 0 Å². The Morgan fingerprint density at radius 2 is 1.86 bits per heavy atom. The molecule has 1 unspecified atom stereocenters. The maximum absolute atomic E-state index is 13.3. The number of hydrogen-bond donors (Lipinski definition) is 0. The summed E-state index contributed by atoms with van der Waals surface area (Å²) in [6, 6.07) is 10.3. The number of carbonyl (C=O) groups is 1. The summed E-state index contributed by atoms with van der Waals surface area (Å²) in [6.45, 7) is 2.34. The van der Waals surface area contributed by atoms with E-state index in [0.29, 0.717) is 35.1 Å². The molecule has 1 amide bonds. The van der Waals surface area contributed by atoms with Gasteiger partial charge in [0, 0.05) is 30.1 Å². The fourth-order valence-corrected chi connectivity index (χ4v) is 3.54. The lowest BCUT2D eigenvalue weighted by Gasteiger charge is -2.20. The van der Waals surface area contributed by atoms with Crippen molar-refractivity contribution in [2.45, 2.75) is 32.1 Å². The van der Waals surface area contributed by atoms with Gasteiger partial charge in [-0.3, -0.25) is 4.79 Å². The summed E-state index contributed by atoms with van der Waals surface area (Å²) in [5, 5.41) is 4.02. The van der Waals surface area contributed by atoms with Gasteiger partial charge in [0.05, 0.1) is 0 Å². The summed E-state index contributed by atoms with van der Waals surface area (Å²) in [6.07, 6.45) is 1.73. The molecule has 0 spiro atoms. The van der Waals surface area contributed by atoms with Gasteiger partial charge in [0.15, 0.2) is 0 Å². The second kappa shape index (κ2) is 7.50. The van der Waals surface area contributed by atoms with Crippen LogP contribution in [0.4, 0.5) is 14.5 Å². The molecule has 28 heavy (non-hydrogen) atoms. The van der Waals surface area contributed by atoms with Gasteiger partial charge in [0.1, 0.15) is 11.6 Å². The summed E-state index contributed by atoms with van der Waals surface area (Å²) in [5.74, 6) is -0.0991. The first-order chi connectivity index (χ1) is 13.5. The van der Waals surface area contributed by atoms with Crippen molar-refractivity contribution in [3.05, 3.63) is 65.6 Å². The molecule has 7 heteroatoms. The first-order valence-corrected chi connectivity index (χ1v) is 9.17. The highest BCUT2D eigenvalue weighted by Crippen LogP contribution is 2.31. The minimum atomic E-state index is -0.335. The summed E-state index contributed by atoms with van der Waals surface area (Å²) >= 11 is 0. The van der Waals surface area contributed by atoms with E-state index < -0.39 is 0 Å². The Labute approximate surface area is 161 Å². The van der Waals surface area contributed by atoms with E-state index >= 15 is 0 Å². The Hall–Kier alpha value is -3.09. The molecule has 0 aliphatic carbocycles. The molecule has 4 rings (SSSR count). The monoisotopic (exact) mass is 383 g/mol. The molecule has 1 saturated heterocycles. The van der Waals surface area contributed by atoms with Crippen molar-refractivity contribution >= 4 is 11.6 Å². The number of halogens is 2. The molecule has 144 valence electrons. The smallest absolute Gasteiger partial charge is 0.230 e. The lowest BCUT2D eigenvalue weighted by molar-refractivity contribution is -0.118. The average molecular weight is 383 g/mol. The van der Waals surface area contributed by atoms with Crippen LogP contribution in [-0.4, -0.2) is 22.6 Å². The van der Waals surface area contributed by atoms with Crippen LogP contribution in [0, 0.1) is 18.6 Å². The number of amides is 1. The molecule has 3 aromatic rings. The van der Waals surface area contributed by atoms with Crippen LogP contribution in [0.5, 0.6) is 0 Å². The van der Waals surface area contributed by atoms with Crippen molar-refractivity contribution in [2.75, 3.05) is 11.4 Å². The lowest BCUT2D eigenvalue weighted by Crippen LogP contribution is -2.30. The summed E-state index contributed by atoms with van der Waals surface area (Å²) in [4.78, 5) is 18.9. The quantitative estimate of drug-likeness (QED) is 0.662. The molecule has 0 radical (unpaired) electrons. The minimum absolute atomic E-state index is 0.0631. The fourth-order valence-electron chi connectivity index (χ4n) is 3.54. The van der Waals surface area contributed by atoms with Gasteiger partial charge in [-0.15, -0.1) is 0 Å². The minimum Gasteiger partial charge on any atom is -0.339 e. The Kier molecular flexibility index (Phi) is 4.90. The zero-order chi connectivity index (χ0) is 19.7. The highest BCUT2D eigenvalue weighted by molar-refractivity contribution is 5.94. The SMILES string of the molecule is Cc1cc(F)ccc1-c1noc(C2CCCN(c3ccc(F)cc3)C(=O)C2)n1. The van der Waals surface area contributed by atoms with Gasteiger partial charge < -0.3 is 9.42 Å². The summed E-state index contributed by atoms with van der Waals surface area (Å²) in [5.41, 5.74) is 2.09. The van der Waals surface area contributed by atoms with Gasteiger partial charge in [0.25, 0.3) is 0 Å². The van der Waals surface area contributed by atoms with E-state index in [9.17, 15) is 13.6 Å². The maximum Gasteiger partial charge on any atom is 0.230 e. The van der Waals surface area contributed by atoms with Crippen molar-refractivity contribution in [1.82, 2.24) is 10.1 Å². The van der Waals surface area contributed by atoms with E-state index in [4.69, 9.17) is 4.52 Å². The van der Waals surface area contributed by atoms with Crippen LogP contribution in [0.3, 0.4) is 0 Å². The highest BCUT2D eigenvalue weighted by atomic mass is 19.1. The van der Waals surface area contributed by atoms with Crippen molar-refractivity contribution < 1.29 is 18.1 Å². The third-order valence-electron chi connectivity index (χ3n) is 5.02. The number of hydrogen-bond acceptors (Lipinski definition) is 4. The topological polar surface area (TPSA) is 59.2 Å². The van der Waals surface area contributed by atoms with Crippen molar-refractivity contribution in [3.8, 4) is 11.4 Å². The van der Waals surface area contributed by atoms with Gasteiger partial charge in [-0.2, -0.15) is 4.98 Å². The number of anilines is 1. The number of aryl methyl sites for hydroxylation is 1. The molecule has 1 aliphatic heterocycles. The van der Waals surface area contributed by atoms with Crippen molar-refractivity contribution in [3.63, 3.8) is 0 Å². The molecule has 0 bridgehead atoms. The zero-order valence-electron chi connectivity index (χ0n) is 15.4. The predicted octanol–water partition coefficient (Wildman–Crippen LogP) is 4.62. The number of aromatic nitrogens is 2. The second-order valence-corrected chi connectivity index (χ2v) is 6.98. The lowest BCUT2D eigenvalue weighted by atomic mass is 10.0. The van der Waals surface area contributed by atoms with Crippen LogP contribution in [0.15, 0.2) is 47.0 Å². The molecular weight excluding hydrogens is 364 g/mol. The third kappa shape index (κ3) is 3.65. The molecule has 1 fully saturated rings. The van der Waals surface area contributed by atoms with E-state index in [1.807, 2.05) is 0 Å². The zero-order valence-corrected chi connectivity index (χ0v) is 15.4. The van der Waals surface area contributed by atoms with Crippen LogP contribution in [0.1, 0.15) is 36.6 Å². The van der Waals surface area contributed by atoms with Crippen molar-refractivity contribution in [1.29, 1.82) is 0 Å². The molecule has 1 atom stereocenters. The van der Waals surface area contributed by atoms with Gasteiger partial charge in [-0.25, -0.2) is 8.78 Å². The summed E-state index contributed by atoms with van der Waals surface area (Å²) in [7, 11) is 0. The van der Waals surface area contributed by atoms with E-state index in [-0.39, 0.29) is 29.9 Å². The van der Waals surface area contributed by atoms with Gasteiger partial charge in [0.2, 0.25) is 17.6 Å². The summed E-state index contributed by atoms with van der Waals surface area (Å²) < 4.78 is 31.9. The van der Waals surface area contributed by atoms with Crippen molar-refractivity contribution in [2.24, 2.45) is 0 Å². The number of benzene rings is 2. The highest BCUT2D eigenvalue weighted by Gasteiger charge is 2.29. The maximum atomic E-state index is 13.3. The molecule has 0 N–H and O–H groups in total. The molecule has 5 nitrogen and oxygen atoms in total. The molecule has 2 aromatic carbocycles. The Morgan fingerprint density at radius 1 is 1.11 bits per heavy atom. The van der Waals surface area contributed by atoms with Gasteiger partial charge in [-0.05, 0) is 67.8 Å². The molecule has 1 aliphatic rings. The Bertz CT molecular complexity index is 1000. The normalized spacial score (nSPS) is 17.6. The van der Waals surface area contributed by atoms with E-state index in [1.165, 1.54) is 24.3 Å². The van der Waals surface area contributed by atoms with Crippen LogP contribution < -0.4 is 4.90 Å². The molecule has 2 heterocycles. The largest absolute Gasteiger partial charge is 0.339 e. The molecular formula is C21H19F2N3O2. The Morgan fingerprint density at radius 3 is 2.61 bits per heavy atom. The van der Waals surface area contributed by atoms with E-state index in [0.717, 1.165) is 12.8 Å². The van der Waals surface area contributed by atoms with Gasteiger partial charge in [-0.1, -0.05) is 5.16 Å². The van der Waals surface area contributed by atoms with Crippen LogP contribution in [0.25, 0.3) is 11.4 Å². The fraction of sp³-hybridized carbons (Fsp3) is 0.286. The average Bonchev–Trinajstić information content (AvgIpc) is 3.06. The predicted molar refractivity (Wildman–Crippen MR) is 99.8 cm³/mol. The van der Waals surface area contributed by atoms with E-state index in [2.05, 4.69) is 10.1 Å². The number of carbonyl (C=O) groups excluding carboxylic acids is 1. The van der Waals surface area contributed by atoms with E-state index in [1.54, 1.807) is 30.0 Å². The standard InChI is InChI=1S/C21H19F2N3O2/c1-13-11-16(23)6-9-18(13)20-24-21(28-25-20)14-3-2-10-26(19(27)12-14)17-7-4-15(22)5-8-17/h4-9,11,14H,2-3,10,12H2,1H3. The molecule has 1 aromatic heterocycles. The Balaban J connectivity index is 1.53. The second-order valence-electron chi connectivity index (χ2n) is 6.98. The first kappa shape index (κ1) is 18.3. The van der Waals surface area contributed by atoms with Crippen LogP contribution in [-0.2, 0) is 4.79 Å². The molecule has 0 saturated carbocycles. The first-order valence-electron chi connectivity index (χ1n) is 9.17. The number of rotatable bonds is 3. The third-order valence-corrected chi connectivity index (χ3v) is 5.02. The number of nitrogens with zero attached hydrogens (tertiary/aromatic N) is 3. The van der Waals surface area contributed by atoms with Crippen LogP contribution >= 0.6 is 0 Å². The van der Waals surface area contributed by atoms with Crippen LogP contribution in [0.2, 0.25) is 0 Å².